The van der Waals surface area contributed by atoms with E-state index in [0.29, 0.717) is 16.7 Å². The van der Waals surface area contributed by atoms with Crippen LogP contribution < -0.4 is 0 Å². The van der Waals surface area contributed by atoms with Crippen molar-refractivity contribution >= 4 is 17.3 Å². The summed E-state index contributed by atoms with van der Waals surface area (Å²) in [5, 5.41) is 0. The first-order valence-electron chi connectivity index (χ1n) is 12.1. The number of Topliss-reactive ketones (excluding diaryl/α,β-unsaturated/α-hetero) is 3. The Kier molecular flexibility index (Phi) is 6.85. The fourth-order valence-electron chi connectivity index (χ4n) is 4.71. The molecule has 0 heterocycles. The Morgan fingerprint density at radius 2 is 0.667 bits per heavy atom. The molecule has 0 amide bonds. The van der Waals surface area contributed by atoms with Gasteiger partial charge in [0.2, 0.25) is 0 Å². The maximum absolute atomic E-state index is 11.9. The van der Waals surface area contributed by atoms with Gasteiger partial charge < -0.3 is 0 Å². The Bertz CT molecular complexity index is 1340. The van der Waals surface area contributed by atoms with Crippen LogP contribution in [0.4, 0.5) is 0 Å². The molecule has 4 aromatic carbocycles. The summed E-state index contributed by atoms with van der Waals surface area (Å²) in [4.78, 5) is 35.7. The van der Waals surface area contributed by atoms with E-state index in [0.717, 1.165) is 50.1 Å². The summed E-state index contributed by atoms with van der Waals surface area (Å²) in [6, 6.07) is 23.9. The monoisotopic (exact) mass is 474 g/mol. The molecule has 0 aromatic heterocycles. The quantitative estimate of drug-likeness (QED) is 0.265. The fraction of sp³-hybridized carbons (Fsp3) is 0.182. The van der Waals surface area contributed by atoms with E-state index in [1.165, 1.54) is 0 Å². The molecule has 36 heavy (non-hydrogen) atoms. The molecule has 0 unspecified atom stereocenters. The van der Waals surface area contributed by atoms with Gasteiger partial charge in [0.15, 0.2) is 17.3 Å². The van der Waals surface area contributed by atoms with E-state index >= 15 is 0 Å². The van der Waals surface area contributed by atoms with E-state index in [1.54, 1.807) is 20.8 Å². The molecule has 0 aliphatic rings. The van der Waals surface area contributed by atoms with Gasteiger partial charge in [-0.1, -0.05) is 36.4 Å². The second-order valence-electron chi connectivity index (χ2n) is 9.56. The second-order valence-corrected chi connectivity index (χ2v) is 9.56. The summed E-state index contributed by atoms with van der Waals surface area (Å²) in [5.41, 5.74) is 11.4. The molecule has 0 N–H and O–H groups in total. The Morgan fingerprint density at radius 3 is 0.861 bits per heavy atom. The highest BCUT2D eigenvalue weighted by atomic mass is 16.1. The van der Waals surface area contributed by atoms with Gasteiger partial charge in [-0.05, 0) is 128 Å². The highest BCUT2D eigenvalue weighted by Crippen LogP contribution is 2.37. The van der Waals surface area contributed by atoms with E-state index < -0.39 is 0 Å². The molecule has 0 aliphatic heterocycles. The van der Waals surface area contributed by atoms with Crippen molar-refractivity contribution < 1.29 is 14.4 Å². The third-order valence-electron chi connectivity index (χ3n) is 6.76. The molecule has 3 nitrogen and oxygen atoms in total. The average Bonchev–Trinajstić information content (AvgIpc) is 2.83. The van der Waals surface area contributed by atoms with E-state index in [1.807, 2.05) is 75.4 Å². The molecule has 3 heteroatoms. The highest BCUT2D eigenvalue weighted by molar-refractivity contribution is 5.97. The lowest BCUT2D eigenvalue weighted by atomic mass is 9.88. The predicted molar refractivity (Wildman–Crippen MR) is 147 cm³/mol. The van der Waals surface area contributed by atoms with Crippen LogP contribution in [-0.2, 0) is 0 Å². The lowest BCUT2D eigenvalue weighted by Crippen LogP contribution is -1.97. The number of rotatable bonds is 6. The number of aryl methyl sites for hydroxylation is 3. The number of hydrogen-bond acceptors (Lipinski definition) is 3. The maximum atomic E-state index is 11.9. The Balaban J connectivity index is 1.95. The van der Waals surface area contributed by atoms with Crippen LogP contribution in [0.15, 0.2) is 72.8 Å². The summed E-state index contributed by atoms with van der Waals surface area (Å²) in [7, 11) is 0. The largest absolute Gasteiger partial charge is 0.295 e. The molecule has 4 rings (SSSR count). The van der Waals surface area contributed by atoms with Crippen LogP contribution in [0.3, 0.4) is 0 Å². The van der Waals surface area contributed by atoms with Gasteiger partial charge in [-0.3, -0.25) is 14.4 Å². The third-order valence-corrected chi connectivity index (χ3v) is 6.76. The van der Waals surface area contributed by atoms with Crippen molar-refractivity contribution in [3.63, 3.8) is 0 Å². The summed E-state index contributed by atoms with van der Waals surface area (Å²) < 4.78 is 0. The molecule has 0 saturated carbocycles. The van der Waals surface area contributed by atoms with Gasteiger partial charge in [-0.2, -0.15) is 0 Å². The molecular weight excluding hydrogens is 444 g/mol. The van der Waals surface area contributed by atoms with Crippen LogP contribution in [0.1, 0.15) is 68.5 Å². The molecule has 0 atom stereocenters. The molecule has 4 aromatic rings. The zero-order valence-corrected chi connectivity index (χ0v) is 21.7. The van der Waals surface area contributed by atoms with Crippen LogP contribution in [0, 0.1) is 20.8 Å². The zero-order chi connectivity index (χ0) is 26.1. The minimum Gasteiger partial charge on any atom is -0.295 e. The van der Waals surface area contributed by atoms with Crippen molar-refractivity contribution in [2.75, 3.05) is 0 Å². The standard InChI is InChI=1S/C33H30O3/c1-19-13-25(22(4)34)7-10-31(19)28-16-29(32-11-8-26(23(5)35)14-20(32)2)18-30(17-28)33-12-9-27(24(6)36)15-21(33)3/h7-18H,1-6H3. The van der Waals surface area contributed by atoms with E-state index in [2.05, 4.69) is 18.2 Å². The van der Waals surface area contributed by atoms with E-state index in [9.17, 15) is 14.4 Å². The minimum absolute atomic E-state index is 0.0430. The van der Waals surface area contributed by atoms with Crippen LogP contribution in [0.5, 0.6) is 0 Å². The Hall–Kier alpha value is -4.11. The molecular formula is C33H30O3. The molecule has 0 fully saturated rings. The van der Waals surface area contributed by atoms with Crippen LogP contribution in [-0.4, -0.2) is 17.3 Å². The summed E-state index contributed by atoms with van der Waals surface area (Å²) in [6.45, 7) is 10.8. The third kappa shape index (κ3) is 4.96. The highest BCUT2D eigenvalue weighted by Gasteiger charge is 2.14. The van der Waals surface area contributed by atoms with Crippen molar-refractivity contribution in [2.45, 2.75) is 41.5 Å². The van der Waals surface area contributed by atoms with Crippen LogP contribution >= 0.6 is 0 Å². The SMILES string of the molecule is CC(=O)c1ccc(-c2cc(-c3ccc(C(C)=O)cc3C)cc(-c3ccc(C(C)=O)cc3C)c2)c(C)c1. The smallest absolute Gasteiger partial charge is 0.159 e. The van der Waals surface area contributed by atoms with Crippen LogP contribution in [0.2, 0.25) is 0 Å². The number of ketones is 3. The topological polar surface area (TPSA) is 51.2 Å². The lowest BCUT2D eigenvalue weighted by Gasteiger charge is -2.16. The average molecular weight is 475 g/mol. The summed E-state index contributed by atoms with van der Waals surface area (Å²) in [5.74, 6) is 0.129. The first kappa shape index (κ1) is 25.0. The molecule has 180 valence electrons. The van der Waals surface area contributed by atoms with Gasteiger partial charge in [-0.15, -0.1) is 0 Å². The van der Waals surface area contributed by atoms with Gasteiger partial charge in [0, 0.05) is 16.7 Å². The lowest BCUT2D eigenvalue weighted by molar-refractivity contribution is 0.100. The van der Waals surface area contributed by atoms with Crippen molar-refractivity contribution in [1.29, 1.82) is 0 Å². The second kappa shape index (κ2) is 9.87. The normalized spacial score (nSPS) is 10.8. The summed E-state index contributed by atoms with van der Waals surface area (Å²) >= 11 is 0. The molecule has 0 saturated heterocycles. The molecule has 0 bridgehead atoms. The molecule has 0 radical (unpaired) electrons. The van der Waals surface area contributed by atoms with Crippen molar-refractivity contribution in [2.24, 2.45) is 0 Å². The van der Waals surface area contributed by atoms with Gasteiger partial charge in [0.25, 0.3) is 0 Å². The zero-order valence-electron chi connectivity index (χ0n) is 21.7. The molecule has 0 spiro atoms. The first-order valence-corrected chi connectivity index (χ1v) is 12.1. The number of carbonyl (C=O) groups is 3. The Morgan fingerprint density at radius 1 is 0.417 bits per heavy atom. The Labute approximate surface area is 212 Å². The van der Waals surface area contributed by atoms with Gasteiger partial charge >= 0.3 is 0 Å². The number of hydrogen-bond donors (Lipinski definition) is 0. The minimum atomic E-state index is 0.0430. The van der Waals surface area contributed by atoms with Crippen molar-refractivity contribution in [1.82, 2.24) is 0 Å². The van der Waals surface area contributed by atoms with E-state index in [-0.39, 0.29) is 17.3 Å². The first-order chi connectivity index (χ1) is 17.0. The van der Waals surface area contributed by atoms with E-state index in [4.69, 9.17) is 0 Å². The predicted octanol–water partition coefficient (Wildman–Crippen LogP) is 8.22. The van der Waals surface area contributed by atoms with Gasteiger partial charge in [0.05, 0.1) is 0 Å². The summed E-state index contributed by atoms with van der Waals surface area (Å²) in [6.07, 6.45) is 0. The van der Waals surface area contributed by atoms with Crippen molar-refractivity contribution in [3.05, 3.63) is 106 Å². The molecule has 0 aliphatic carbocycles. The van der Waals surface area contributed by atoms with Crippen molar-refractivity contribution in [3.8, 4) is 33.4 Å². The van der Waals surface area contributed by atoms with Gasteiger partial charge in [-0.25, -0.2) is 0 Å². The number of carbonyl (C=O) groups excluding carboxylic acids is 3. The van der Waals surface area contributed by atoms with Gasteiger partial charge in [0.1, 0.15) is 0 Å². The van der Waals surface area contributed by atoms with Crippen LogP contribution in [0.25, 0.3) is 33.4 Å². The fourth-order valence-corrected chi connectivity index (χ4v) is 4.71. The number of benzene rings is 4. The maximum Gasteiger partial charge on any atom is 0.159 e.